The van der Waals surface area contributed by atoms with E-state index in [9.17, 15) is 4.39 Å². The fraction of sp³-hybridized carbons (Fsp3) is 0.455. The second kappa shape index (κ2) is 5.70. The fourth-order valence-electron chi connectivity index (χ4n) is 1.32. The highest BCUT2D eigenvalue weighted by Crippen LogP contribution is 2.06. The normalized spacial score (nSPS) is 10.3. The largest absolute Gasteiger partial charge is 0.319 e. The summed E-state index contributed by atoms with van der Waals surface area (Å²) in [5.74, 6) is 0. The molecule has 72 valence electrons. The van der Waals surface area contributed by atoms with Crippen LogP contribution >= 0.6 is 0 Å². The Kier molecular flexibility index (Phi) is 4.47. The van der Waals surface area contributed by atoms with E-state index in [0.29, 0.717) is 6.42 Å². The van der Waals surface area contributed by atoms with Crippen molar-refractivity contribution in [2.75, 3.05) is 20.3 Å². The van der Waals surface area contributed by atoms with Crippen LogP contribution in [0.3, 0.4) is 0 Å². The van der Waals surface area contributed by atoms with Gasteiger partial charge in [0.1, 0.15) is 0 Å². The first-order chi connectivity index (χ1) is 6.36. The van der Waals surface area contributed by atoms with E-state index in [1.807, 2.05) is 19.2 Å². The van der Waals surface area contributed by atoms with Gasteiger partial charge in [0.25, 0.3) is 0 Å². The van der Waals surface area contributed by atoms with Crippen molar-refractivity contribution in [3.05, 3.63) is 35.4 Å². The fourth-order valence-corrected chi connectivity index (χ4v) is 1.32. The highest BCUT2D eigenvalue weighted by atomic mass is 19.1. The van der Waals surface area contributed by atoms with Crippen LogP contribution < -0.4 is 5.32 Å². The van der Waals surface area contributed by atoms with Crippen molar-refractivity contribution in [2.24, 2.45) is 0 Å². The quantitative estimate of drug-likeness (QED) is 0.732. The van der Waals surface area contributed by atoms with Crippen LogP contribution in [0.15, 0.2) is 24.3 Å². The van der Waals surface area contributed by atoms with E-state index in [-0.39, 0.29) is 6.67 Å². The molecular weight excluding hydrogens is 165 g/mol. The second-order valence-electron chi connectivity index (χ2n) is 3.11. The van der Waals surface area contributed by atoms with Gasteiger partial charge in [-0.3, -0.25) is 4.39 Å². The lowest BCUT2D eigenvalue weighted by molar-refractivity contribution is 0.495. The van der Waals surface area contributed by atoms with Crippen LogP contribution in [0.5, 0.6) is 0 Å². The third kappa shape index (κ3) is 3.55. The molecule has 1 nitrogen and oxygen atoms in total. The van der Waals surface area contributed by atoms with Gasteiger partial charge >= 0.3 is 0 Å². The zero-order valence-corrected chi connectivity index (χ0v) is 8.02. The van der Waals surface area contributed by atoms with E-state index in [2.05, 4.69) is 17.4 Å². The lowest BCUT2D eigenvalue weighted by Crippen LogP contribution is -2.10. The molecule has 0 aliphatic rings. The van der Waals surface area contributed by atoms with Crippen LogP contribution in [-0.2, 0) is 12.8 Å². The number of alkyl halides is 1. The number of hydrogen-bond acceptors (Lipinski definition) is 1. The summed E-state index contributed by atoms with van der Waals surface area (Å²) < 4.78 is 12.1. The van der Waals surface area contributed by atoms with Crippen molar-refractivity contribution in [1.82, 2.24) is 5.32 Å². The molecule has 0 fully saturated rings. The summed E-state index contributed by atoms with van der Waals surface area (Å²) in [4.78, 5) is 0. The summed E-state index contributed by atoms with van der Waals surface area (Å²) in [5.41, 5.74) is 2.37. The third-order valence-electron chi connectivity index (χ3n) is 2.04. The molecule has 1 rings (SSSR count). The topological polar surface area (TPSA) is 12.0 Å². The van der Waals surface area contributed by atoms with Gasteiger partial charge in [0.2, 0.25) is 0 Å². The molecule has 13 heavy (non-hydrogen) atoms. The van der Waals surface area contributed by atoms with Crippen LogP contribution in [0.1, 0.15) is 11.1 Å². The Morgan fingerprint density at radius 2 is 1.92 bits per heavy atom. The third-order valence-corrected chi connectivity index (χ3v) is 2.04. The zero-order valence-electron chi connectivity index (χ0n) is 8.02. The van der Waals surface area contributed by atoms with Crippen molar-refractivity contribution in [3.63, 3.8) is 0 Å². The van der Waals surface area contributed by atoms with Crippen LogP contribution in [0.25, 0.3) is 0 Å². The van der Waals surface area contributed by atoms with E-state index in [1.165, 1.54) is 5.56 Å². The second-order valence-corrected chi connectivity index (χ2v) is 3.11. The molecule has 0 unspecified atom stereocenters. The molecule has 0 atom stereocenters. The molecule has 0 aliphatic carbocycles. The average Bonchev–Trinajstić information content (AvgIpc) is 2.16. The van der Waals surface area contributed by atoms with Crippen LogP contribution in [0.4, 0.5) is 4.39 Å². The summed E-state index contributed by atoms with van der Waals surface area (Å²) in [6, 6.07) is 8.13. The Hall–Kier alpha value is -0.890. The van der Waals surface area contributed by atoms with E-state index in [1.54, 1.807) is 0 Å². The number of likely N-dealkylation sites (N-methyl/N-ethyl adjacent to an activating group) is 1. The highest BCUT2D eigenvalue weighted by molar-refractivity contribution is 5.23. The van der Waals surface area contributed by atoms with Gasteiger partial charge in [-0.15, -0.1) is 0 Å². The summed E-state index contributed by atoms with van der Waals surface area (Å²) in [6.07, 6.45) is 1.55. The van der Waals surface area contributed by atoms with Crippen molar-refractivity contribution in [1.29, 1.82) is 0 Å². The molecule has 1 aromatic rings. The van der Waals surface area contributed by atoms with Gasteiger partial charge in [0.05, 0.1) is 6.67 Å². The van der Waals surface area contributed by atoms with Crippen LogP contribution in [0, 0.1) is 0 Å². The number of halogens is 1. The monoisotopic (exact) mass is 181 g/mol. The molecule has 0 aliphatic heterocycles. The van der Waals surface area contributed by atoms with Crippen molar-refractivity contribution >= 4 is 0 Å². The lowest BCUT2D eigenvalue weighted by atomic mass is 10.1. The van der Waals surface area contributed by atoms with Crippen LogP contribution in [-0.4, -0.2) is 20.3 Å². The Morgan fingerprint density at radius 3 is 2.54 bits per heavy atom. The van der Waals surface area contributed by atoms with Crippen molar-refractivity contribution in [2.45, 2.75) is 12.8 Å². The molecule has 1 N–H and O–H groups in total. The number of rotatable bonds is 5. The first-order valence-corrected chi connectivity index (χ1v) is 4.65. The minimum absolute atomic E-state index is 0.268. The van der Waals surface area contributed by atoms with E-state index in [4.69, 9.17) is 0 Å². The number of aryl methyl sites for hydroxylation is 1. The predicted molar refractivity (Wildman–Crippen MR) is 53.8 cm³/mol. The van der Waals surface area contributed by atoms with Crippen LogP contribution in [0.2, 0.25) is 0 Å². The Morgan fingerprint density at radius 1 is 1.23 bits per heavy atom. The molecule has 0 spiro atoms. The summed E-state index contributed by atoms with van der Waals surface area (Å²) >= 11 is 0. The standard InChI is InChI=1S/C11H16FN/c1-13-8-6-11-4-2-3-10(9-11)5-7-12/h2-4,9,13H,5-8H2,1H3. The van der Waals surface area contributed by atoms with E-state index >= 15 is 0 Å². The molecule has 0 saturated carbocycles. The SMILES string of the molecule is CNCCc1cccc(CCF)c1. The van der Waals surface area contributed by atoms with E-state index < -0.39 is 0 Å². The van der Waals surface area contributed by atoms with Gasteiger partial charge < -0.3 is 5.32 Å². The summed E-state index contributed by atoms with van der Waals surface area (Å²) in [5, 5.41) is 3.09. The minimum atomic E-state index is -0.268. The maximum absolute atomic E-state index is 12.1. The van der Waals surface area contributed by atoms with Gasteiger partial charge in [0.15, 0.2) is 0 Å². The maximum Gasteiger partial charge on any atom is 0.0934 e. The van der Waals surface area contributed by atoms with Gasteiger partial charge in [-0.2, -0.15) is 0 Å². The molecule has 0 bridgehead atoms. The van der Waals surface area contributed by atoms with Gasteiger partial charge in [0, 0.05) is 6.42 Å². The molecule has 0 amide bonds. The van der Waals surface area contributed by atoms with Gasteiger partial charge in [-0.25, -0.2) is 0 Å². The molecule has 0 saturated heterocycles. The summed E-state index contributed by atoms with van der Waals surface area (Å²) in [6.45, 7) is 0.703. The van der Waals surface area contributed by atoms with E-state index in [0.717, 1.165) is 18.5 Å². The molecule has 0 aromatic heterocycles. The molecule has 0 radical (unpaired) electrons. The number of hydrogen-bond donors (Lipinski definition) is 1. The van der Waals surface area contributed by atoms with Gasteiger partial charge in [-0.1, -0.05) is 24.3 Å². The molecule has 2 heteroatoms. The first kappa shape index (κ1) is 10.2. The lowest BCUT2D eigenvalue weighted by Gasteiger charge is -2.03. The molecular formula is C11H16FN. The minimum Gasteiger partial charge on any atom is -0.319 e. The highest BCUT2D eigenvalue weighted by Gasteiger charge is 1.95. The average molecular weight is 181 g/mol. The number of nitrogens with one attached hydrogen (secondary N) is 1. The van der Waals surface area contributed by atoms with Gasteiger partial charge in [-0.05, 0) is 31.1 Å². The first-order valence-electron chi connectivity index (χ1n) is 4.65. The Bertz CT molecular complexity index is 248. The Balaban J connectivity index is 2.56. The zero-order chi connectivity index (χ0) is 9.52. The molecule has 1 aromatic carbocycles. The Labute approximate surface area is 79.0 Å². The smallest absolute Gasteiger partial charge is 0.0934 e. The summed E-state index contributed by atoms with van der Waals surface area (Å²) in [7, 11) is 1.94. The predicted octanol–water partition coefficient (Wildman–Crippen LogP) is 1.96. The maximum atomic E-state index is 12.1. The van der Waals surface area contributed by atoms with Crippen molar-refractivity contribution in [3.8, 4) is 0 Å². The number of benzene rings is 1. The van der Waals surface area contributed by atoms with Crippen molar-refractivity contribution < 1.29 is 4.39 Å². The molecule has 0 heterocycles.